The van der Waals surface area contributed by atoms with E-state index in [1.165, 1.54) is 0 Å². The zero-order chi connectivity index (χ0) is 28.1. The zero-order valence-electron chi connectivity index (χ0n) is 24.4. The smallest absolute Gasteiger partial charge is 0.223 e. The van der Waals surface area contributed by atoms with Crippen LogP contribution in [0.15, 0.2) is 18.2 Å². The first-order valence-electron chi connectivity index (χ1n) is 14.3. The van der Waals surface area contributed by atoms with Crippen molar-refractivity contribution >= 4 is 5.91 Å². The summed E-state index contributed by atoms with van der Waals surface area (Å²) in [5, 5.41) is 14.1. The highest BCUT2D eigenvalue weighted by Gasteiger charge is 2.30. The molecule has 0 saturated carbocycles. The maximum atomic E-state index is 12.9. The van der Waals surface area contributed by atoms with E-state index in [0.717, 1.165) is 43.6 Å². The van der Waals surface area contributed by atoms with Gasteiger partial charge in [0.1, 0.15) is 0 Å². The summed E-state index contributed by atoms with van der Waals surface area (Å²) < 4.78 is 22.2. The van der Waals surface area contributed by atoms with Gasteiger partial charge < -0.3 is 35.1 Å². The maximum absolute atomic E-state index is 12.9. The third-order valence-corrected chi connectivity index (χ3v) is 7.65. The van der Waals surface area contributed by atoms with Gasteiger partial charge in [-0.2, -0.15) is 0 Å². The van der Waals surface area contributed by atoms with Crippen LogP contribution < -0.4 is 20.5 Å². The molecule has 4 N–H and O–H groups in total. The van der Waals surface area contributed by atoms with Gasteiger partial charge in [-0.3, -0.25) is 4.79 Å². The molecular formula is C30H52N2O6. The molecule has 3 unspecified atom stereocenters. The van der Waals surface area contributed by atoms with Crippen molar-refractivity contribution in [1.29, 1.82) is 0 Å². The summed E-state index contributed by atoms with van der Waals surface area (Å²) in [6.45, 7) is 10.9. The summed E-state index contributed by atoms with van der Waals surface area (Å²) in [4.78, 5) is 12.9. The Morgan fingerprint density at radius 2 is 1.89 bits per heavy atom. The van der Waals surface area contributed by atoms with Gasteiger partial charge in [-0.25, -0.2) is 0 Å². The van der Waals surface area contributed by atoms with Crippen molar-refractivity contribution < 1.29 is 28.8 Å². The number of aliphatic hydroxyl groups excluding tert-OH is 1. The predicted octanol–water partition coefficient (Wildman–Crippen LogP) is 3.96. The predicted molar refractivity (Wildman–Crippen MR) is 151 cm³/mol. The van der Waals surface area contributed by atoms with E-state index < -0.39 is 12.1 Å². The van der Waals surface area contributed by atoms with Gasteiger partial charge in [0.15, 0.2) is 11.5 Å². The summed E-state index contributed by atoms with van der Waals surface area (Å²) >= 11 is 0. The first-order chi connectivity index (χ1) is 18.2. The Labute approximate surface area is 229 Å². The van der Waals surface area contributed by atoms with Crippen LogP contribution in [0.3, 0.4) is 0 Å². The number of nitrogens with two attached hydrogens (primary N) is 1. The number of methoxy groups -OCH3 is 2. The van der Waals surface area contributed by atoms with Crippen molar-refractivity contribution in [1.82, 2.24) is 5.32 Å². The van der Waals surface area contributed by atoms with Gasteiger partial charge in [0.2, 0.25) is 5.91 Å². The number of benzene rings is 1. The van der Waals surface area contributed by atoms with Crippen LogP contribution >= 0.6 is 0 Å². The highest BCUT2D eigenvalue weighted by Crippen LogP contribution is 2.31. The third-order valence-electron chi connectivity index (χ3n) is 7.65. The number of amides is 1. The number of nitrogens with one attached hydrogen (secondary N) is 1. The second kappa shape index (κ2) is 17.0. The normalized spacial score (nSPS) is 18.8. The molecule has 1 heterocycles. The molecule has 1 aromatic rings. The summed E-state index contributed by atoms with van der Waals surface area (Å²) in [6, 6.07) is 5.62. The summed E-state index contributed by atoms with van der Waals surface area (Å²) in [7, 11) is 3.32. The molecule has 1 amide bonds. The molecule has 0 spiro atoms. The molecule has 0 bridgehead atoms. The van der Waals surface area contributed by atoms with Gasteiger partial charge in [0.05, 0.1) is 25.9 Å². The lowest BCUT2D eigenvalue weighted by Crippen LogP contribution is -2.43. The molecule has 0 aromatic heterocycles. The van der Waals surface area contributed by atoms with Gasteiger partial charge in [-0.1, -0.05) is 33.8 Å². The topological polar surface area (TPSA) is 112 Å². The monoisotopic (exact) mass is 536 g/mol. The highest BCUT2D eigenvalue weighted by atomic mass is 16.5. The number of hydrogen-bond donors (Lipinski definition) is 3. The molecule has 2 rings (SSSR count). The summed E-state index contributed by atoms with van der Waals surface area (Å²) in [6.07, 6.45) is 3.98. The van der Waals surface area contributed by atoms with Crippen LogP contribution in [0.2, 0.25) is 0 Å². The van der Waals surface area contributed by atoms with Crippen LogP contribution in [0.25, 0.3) is 0 Å². The van der Waals surface area contributed by atoms with E-state index in [4.69, 9.17) is 24.7 Å². The van der Waals surface area contributed by atoms with Gasteiger partial charge in [-0.15, -0.1) is 0 Å². The Hall–Kier alpha value is -1.87. The molecule has 38 heavy (non-hydrogen) atoms. The van der Waals surface area contributed by atoms with E-state index in [1.807, 2.05) is 26.0 Å². The van der Waals surface area contributed by atoms with Gasteiger partial charge >= 0.3 is 0 Å². The van der Waals surface area contributed by atoms with Crippen LogP contribution in [0.1, 0.15) is 65.4 Å². The maximum Gasteiger partial charge on any atom is 0.223 e. The fourth-order valence-electron chi connectivity index (χ4n) is 5.01. The average molecular weight is 537 g/mol. The molecule has 218 valence electrons. The number of carbonyl (C=O) groups is 1. The molecule has 0 aliphatic carbocycles. The lowest BCUT2D eigenvalue weighted by atomic mass is 9.81. The minimum Gasteiger partial charge on any atom is -0.493 e. The lowest BCUT2D eigenvalue weighted by Gasteiger charge is -2.30. The molecule has 1 aliphatic rings. The quantitative estimate of drug-likeness (QED) is 0.244. The van der Waals surface area contributed by atoms with Crippen LogP contribution in [0, 0.1) is 23.7 Å². The molecule has 8 heteroatoms. The Bertz CT molecular complexity index is 812. The van der Waals surface area contributed by atoms with Crippen molar-refractivity contribution in [3.8, 4) is 11.5 Å². The lowest BCUT2D eigenvalue weighted by molar-refractivity contribution is -0.128. The second-order valence-electron chi connectivity index (χ2n) is 11.3. The van der Waals surface area contributed by atoms with Crippen LogP contribution in [0.5, 0.6) is 11.5 Å². The molecule has 0 radical (unpaired) electrons. The summed E-state index contributed by atoms with van der Waals surface area (Å²) in [5.74, 6) is 1.84. The average Bonchev–Trinajstić information content (AvgIpc) is 3.41. The standard InChI is InChI=1S/C30H52N2O6/c1-20(2)23(15-22-10-11-28(36-6)29(16-22)38-14-8-12-35-5)17-26(31)27(33)18-25(21(3)4)30(34)32-19-24-9-7-13-37-24/h10-11,16,20-21,23-27,33H,7-9,12-15,17-19,31H2,1-6H3,(H,32,34)/t23?,24-,25?,26-,27?/m0/s1. The van der Waals surface area contributed by atoms with E-state index >= 15 is 0 Å². The van der Waals surface area contributed by atoms with Crippen molar-refractivity contribution in [2.24, 2.45) is 29.4 Å². The molecule has 5 atom stereocenters. The third kappa shape index (κ3) is 10.7. The Kier molecular flexibility index (Phi) is 14.4. The van der Waals surface area contributed by atoms with Crippen LogP contribution in [-0.4, -0.2) is 69.8 Å². The van der Waals surface area contributed by atoms with Gasteiger partial charge in [-0.05, 0) is 67.6 Å². The minimum absolute atomic E-state index is 0.0292. The molecule has 8 nitrogen and oxygen atoms in total. The van der Waals surface area contributed by atoms with E-state index in [9.17, 15) is 9.90 Å². The highest BCUT2D eigenvalue weighted by molar-refractivity contribution is 5.78. The van der Waals surface area contributed by atoms with Crippen LogP contribution in [0.4, 0.5) is 0 Å². The fourth-order valence-corrected chi connectivity index (χ4v) is 5.01. The number of hydrogen-bond acceptors (Lipinski definition) is 7. The molecular weight excluding hydrogens is 484 g/mol. The van der Waals surface area contributed by atoms with Crippen molar-refractivity contribution in [2.45, 2.75) is 84.5 Å². The van der Waals surface area contributed by atoms with Crippen molar-refractivity contribution in [3.63, 3.8) is 0 Å². The molecule has 1 aromatic carbocycles. The first-order valence-corrected chi connectivity index (χ1v) is 14.3. The summed E-state index contributed by atoms with van der Waals surface area (Å²) in [5.41, 5.74) is 7.68. The second-order valence-corrected chi connectivity index (χ2v) is 11.3. The molecule has 1 fully saturated rings. The van der Waals surface area contributed by atoms with E-state index in [2.05, 4.69) is 25.2 Å². The van der Waals surface area contributed by atoms with Crippen molar-refractivity contribution in [3.05, 3.63) is 23.8 Å². The van der Waals surface area contributed by atoms with E-state index in [1.54, 1.807) is 14.2 Å². The first kappa shape index (κ1) is 32.3. The van der Waals surface area contributed by atoms with Gasteiger partial charge in [0.25, 0.3) is 0 Å². The molecule has 1 saturated heterocycles. The van der Waals surface area contributed by atoms with Crippen LogP contribution in [-0.2, 0) is 20.7 Å². The number of ether oxygens (including phenoxy) is 4. The minimum atomic E-state index is -0.757. The Morgan fingerprint density at radius 1 is 1.13 bits per heavy atom. The Balaban J connectivity index is 1.97. The van der Waals surface area contributed by atoms with Gasteiger partial charge in [0, 0.05) is 45.2 Å². The number of aliphatic hydroxyl groups is 1. The zero-order valence-corrected chi connectivity index (χ0v) is 24.4. The largest absolute Gasteiger partial charge is 0.493 e. The molecule has 1 aliphatic heterocycles. The van der Waals surface area contributed by atoms with Crippen molar-refractivity contribution in [2.75, 3.05) is 40.6 Å². The number of carbonyl (C=O) groups excluding carboxylic acids is 1. The number of rotatable bonds is 18. The Morgan fingerprint density at radius 3 is 2.50 bits per heavy atom. The van der Waals surface area contributed by atoms with E-state index in [0.29, 0.717) is 44.3 Å². The SMILES string of the molecule is COCCCOc1cc(CC(C[C@H](N)C(O)CC(C(=O)NC[C@@H]2CCCO2)C(C)C)C(C)C)ccc1OC. The van der Waals surface area contributed by atoms with E-state index in [-0.39, 0.29) is 29.8 Å². The fraction of sp³-hybridized carbons (Fsp3) is 0.767.